The number of likely N-dealkylation sites (N-methyl/N-ethyl adjacent to an activating group) is 1. The molecular weight excluding hydrogens is 268 g/mol. The van der Waals surface area contributed by atoms with Crippen LogP contribution in [0.2, 0.25) is 0 Å². The highest BCUT2D eigenvalue weighted by molar-refractivity contribution is 5.80. The molecule has 0 aromatic rings. The molecule has 126 valence electrons. The second-order valence-electron chi connectivity index (χ2n) is 5.71. The van der Waals surface area contributed by atoms with Crippen molar-refractivity contribution >= 4 is 5.97 Å². The first-order valence-electron chi connectivity index (χ1n) is 8.09. The van der Waals surface area contributed by atoms with E-state index >= 15 is 0 Å². The summed E-state index contributed by atoms with van der Waals surface area (Å²) < 4.78 is 10.3. The summed E-state index contributed by atoms with van der Waals surface area (Å²) in [6.07, 6.45) is 3.88. The molecule has 0 aliphatic carbocycles. The summed E-state index contributed by atoms with van der Waals surface area (Å²) in [6.45, 7) is 10.4. The minimum Gasteiger partial charge on any atom is -0.468 e. The number of esters is 1. The summed E-state index contributed by atoms with van der Waals surface area (Å²) in [6, 6.07) is 0. The number of unbranched alkanes of at least 4 members (excludes halogenated alkanes) is 1. The number of carbonyl (C=O) groups is 1. The van der Waals surface area contributed by atoms with E-state index in [9.17, 15) is 4.79 Å². The molecule has 0 rings (SSSR count). The van der Waals surface area contributed by atoms with Crippen molar-refractivity contribution in [3.63, 3.8) is 0 Å². The smallest absolute Gasteiger partial charge is 0.325 e. The molecule has 0 heterocycles. The lowest BCUT2D eigenvalue weighted by molar-refractivity contribution is -0.148. The minimum absolute atomic E-state index is 0.166. The minimum atomic E-state index is -0.561. The molecule has 0 aliphatic heterocycles. The first-order valence-corrected chi connectivity index (χ1v) is 8.09. The molecule has 0 aliphatic rings. The Bertz CT molecular complexity index is 274. The van der Waals surface area contributed by atoms with E-state index in [0.29, 0.717) is 0 Å². The van der Waals surface area contributed by atoms with Crippen molar-refractivity contribution in [3.8, 4) is 0 Å². The van der Waals surface area contributed by atoms with E-state index in [0.717, 1.165) is 58.5 Å². The molecule has 0 bridgehead atoms. The van der Waals surface area contributed by atoms with E-state index in [4.69, 9.17) is 9.47 Å². The fourth-order valence-electron chi connectivity index (χ4n) is 2.23. The third-order valence-electron chi connectivity index (χ3n) is 3.69. The summed E-state index contributed by atoms with van der Waals surface area (Å²) in [7, 11) is 3.56. The van der Waals surface area contributed by atoms with E-state index in [2.05, 4.69) is 24.2 Å². The summed E-state index contributed by atoms with van der Waals surface area (Å²) in [5.74, 6) is -0.166. The molecule has 0 amide bonds. The van der Waals surface area contributed by atoms with Crippen LogP contribution in [0, 0.1) is 0 Å². The lowest BCUT2D eigenvalue weighted by Crippen LogP contribution is -2.50. The molecule has 0 aromatic heterocycles. The van der Waals surface area contributed by atoms with Crippen molar-refractivity contribution in [1.82, 2.24) is 10.2 Å². The number of hydrogen-bond donors (Lipinski definition) is 1. The van der Waals surface area contributed by atoms with E-state index in [1.54, 1.807) is 0 Å². The normalized spacial score (nSPS) is 14.2. The maximum atomic E-state index is 11.9. The van der Waals surface area contributed by atoms with Crippen LogP contribution in [0.5, 0.6) is 0 Å². The van der Waals surface area contributed by atoms with Gasteiger partial charge in [-0.2, -0.15) is 0 Å². The third kappa shape index (κ3) is 9.06. The number of nitrogens with zero attached hydrogens (tertiary/aromatic N) is 1. The molecule has 21 heavy (non-hydrogen) atoms. The van der Waals surface area contributed by atoms with Crippen LogP contribution < -0.4 is 5.32 Å². The van der Waals surface area contributed by atoms with Crippen LogP contribution in [-0.2, 0) is 14.3 Å². The van der Waals surface area contributed by atoms with Gasteiger partial charge in [0.15, 0.2) is 0 Å². The van der Waals surface area contributed by atoms with Crippen molar-refractivity contribution in [2.24, 2.45) is 0 Å². The highest BCUT2D eigenvalue weighted by Gasteiger charge is 2.32. The van der Waals surface area contributed by atoms with Crippen LogP contribution in [0.15, 0.2) is 0 Å². The summed E-state index contributed by atoms with van der Waals surface area (Å²) in [5.41, 5.74) is -0.561. The highest BCUT2D eigenvalue weighted by Crippen LogP contribution is 2.16. The fraction of sp³-hybridized carbons (Fsp3) is 0.938. The monoisotopic (exact) mass is 302 g/mol. The molecular formula is C16H34N2O3. The molecule has 5 heteroatoms. The Hall–Kier alpha value is -0.650. The lowest BCUT2D eigenvalue weighted by Gasteiger charge is -2.28. The predicted octanol–water partition coefficient (Wildman–Crippen LogP) is 2.06. The van der Waals surface area contributed by atoms with Crippen LogP contribution >= 0.6 is 0 Å². The average molecular weight is 302 g/mol. The Labute approximate surface area is 130 Å². The van der Waals surface area contributed by atoms with Crippen molar-refractivity contribution in [2.75, 3.05) is 47.0 Å². The van der Waals surface area contributed by atoms with E-state index in [-0.39, 0.29) is 5.97 Å². The third-order valence-corrected chi connectivity index (χ3v) is 3.69. The molecule has 5 nitrogen and oxygen atoms in total. The Morgan fingerprint density at radius 1 is 1.24 bits per heavy atom. The van der Waals surface area contributed by atoms with Crippen molar-refractivity contribution in [1.29, 1.82) is 0 Å². The van der Waals surface area contributed by atoms with Gasteiger partial charge in [-0.05, 0) is 59.7 Å². The maximum absolute atomic E-state index is 11.9. The van der Waals surface area contributed by atoms with E-state index in [1.165, 1.54) is 7.11 Å². The first-order chi connectivity index (χ1) is 10.00. The molecule has 0 aromatic carbocycles. The molecule has 0 saturated heterocycles. The van der Waals surface area contributed by atoms with Gasteiger partial charge in [-0.3, -0.25) is 4.79 Å². The van der Waals surface area contributed by atoms with E-state index in [1.807, 2.05) is 13.8 Å². The molecule has 1 unspecified atom stereocenters. The number of ether oxygens (including phenoxy) is 2. The molecule has 1 atom stereocenters. The van der Waals surface area contributed by atoms with Crippen LogP contribution in [0.1, 0.15) is 46.5 Å². The Morgan fingerprint density at radius 3 is 2.52 bits per heavy atom. The number of rotatable bonds is 13. The maximum Gasteiger partial charge on any atom is 0.325 e. The van der Waals surface area contributed by atoms with Gasteiger partial charge in [0.2, 0.25) is 0 Å². The van der Waals surface area contributed by atoms with Gasteiger partial charge < -0.3 is 19.7 Å². The number of methoxy groups -OCH3 is 1. The predicted molar refractivity (Wildman–Crippen MR) is 86.6 cm³/mol. The molecule has 1 N–H and O–H groups in total. The Kier molecular flexibility index (Phi) is 11.6. The number of nitrogens with one attached hydrogen (secondary N) is 1. The second-order valence-corrected chi connectivity index (χ2v) is 5.71. The zero-order chi connectivity index (χ0) is 16.1. The summed E-state index contributed by atoms with van der Waals surface area (Å²) >= 11 is 0. The zero-order valence-corrected chi connectivity index (χ0v) is 14.5. The van der Waals surface area contributed by atoms with Gasteiger partial charge >= 0.3 is 5.97 Å². The second kappa shape index (κ2) is 12.0. The SMILES string of the molecule is CCCNC(C)(CCCCN(C)CCOCC)C(=O)OC. The van der Waals surface area contributed by atoms with Gasteiger partial charge in [0.1, 0.15) is 5.54 Å². The number of hydrogen-bond acceptors (Lipinski definition) is 5. The van der Waals surface area contributed by atoms with E-state index < -0.39 is 5.54 Å². The Morgan fingerprint density at radius 2 is 1.95 bits per heavy atom. The van der Waals surface area contributed by atoms with Gasteiger partial charge in [-0.15, -0.1) is 0 Å². The van der Waals surface area contributed by atoms with Gasteiger partial charge in [-0.25, -0.2) is 0 Å². The highest BCUT2D eigenvalue weighted by atomic mass is 16.5. The number of carbonyl (C=O) groups excluding carboxylic acids is 1. The van der Waals surface area contributed by atoms with Crippen molar-refractivity contribution < 1.29 is 14.3 Å². The Balaban J connectivity index is 4.00. The largest absolute Gasteiger partial charge is 0.468 e. The average Bonchev–Trinajstić information content (AvgIpc) is 2.49. The van der Waals surface area contributed by atoms with Crippen LogP contribution in [0.3, 0.4) is 0 Å². The fourth-order valence-corrected chi connectivity index (χ4v) is 2.23. The molecule has 0 spiro atoms. The van der Waals surface area contributed by atoms with Crippen molar-refractivity contribution in [2.45, 2.75) is 52.0 Å². The summed E-state index contributed by atoms with van der Waals surface area (Å²) in [5, 5.41) is 3.32. The first kappa shape index (κ1) is 20.3. The van der Waals surface area contributed by atoms with Gasteiger partial charge in [0.05, 0.1) is 13.7 Å². The van der Waals surface area contributed by atoms with Gasteiger partial charge in [0, 0.05) is 13.2 Å². The quantitative estimate of drug-likeness (QED) is 0.417. The van der Waals surface area contributed by atoms with Crippen LogP contribution in [0.4, 0.5) is 0 Å². The summed E-state index contributed by atoms with van der Waals surface area (Å²) in [4.78, 5) is 14.2. The molecule has 0 radical (unpaired) electrons. The molecule has 0 fully saturated rings. The zero-order valence-electron chi connectivity index (χ0n) is 14.5. The van der Waals surface area contributed by atoms with Crippen LogP contribution in [-0.4, -0.2) is 63.4 Å². The topological polar surface area (TPSA) is 50.8 Å². The lowest BCUT2D eigenvalue weighted by atomic mass is 9.94. The molecule has 0 saturated carbocycles. The van der Waals surface area contributed by atoms with Gasteiger partial charge in [-0.1, -0.05) is 6.92 Å². The van der Waals surface area contributed by atoms with Gasteiger partial charge in [0.25, 0.3) is 0 Å². The van der Waals surface area contributed by atoms with Crippen LogP contribution in [0.25, 0.3) is 0 Å². The standard InChI is InChI=1S/C16H34N2O3/c1-6-11-17-16(3,15(19)20-5)10-8-9-12-18(4)13-14-21-7-2/h17H,6-14H2,1-5H3. The van der Waals surface area contributed by atoms with Crippen molar-refractivity contribution in [3.05, 3.63) is 0 Å².